The quantitative estimate of drug-likeness (QED) is 0.877. The Morgan fingerprint density at radius 1 is 1.62 bits per heavy atom. The van der Waals surface area contributed by atoms with Crippen LogP contribution in [0.15, 0.2) is 10.7 Å². The molecular weight excluding hydrogens is 242 g/mol. The minimum absolute atomic E-state index is 0.0813. The van der Waals surface area contributed by atoms with E-state index >= 15 is 0 Å². The number of alkyl halides is 2. The van der Waals surface area contributed by atoms with Crippen LogP contribution in [0.2, 0.25) is 0 Å². The van der Waals surface area contributed by atoms with Gasteiger partial charge in [-0.05, 0) is 34.0 Å². The molecule has 0 radical (unpaired) electrons. The zero-order valence-corrected chi connectivity index (χ0v) is 8.61. The number of nitrogens with zero attached hydrogens (tertiary/aromatic N) is 1. The minimum Gasteiger partial charge on any atom is -0.326 e. The highest BCUT2D eigenvalue weighted by Gasteiger charge is 2.16. The van der Waals surface area contributed by atoms with Crippen molar-refractivity contribution in [1.82, 2.24) is 4.98 Å². The topological polar surface area (TPSA) is 38.9 Å². The summed E-state index contributed by atoms with van der Waals surface area (Å²) in [4.78, 5) is 3.63. The predicted molar refractivity (Wildman–Crippen MR) is 49.5 cm³/mol. The Morgan fingerprint density at radius 2 is 2.23 bits per heavy atom. The van der Waals surface area contributed by atoms with E-state index in [2.05, 4.69) is 20.9 Å². The van der Waals surface area contributed by atoms with E-state index in [0.717, 1.165) is 5.56 Å². The van der Waals surface area contributed by atoms with Crippen molar-refractivity contribution in [2.75, 3.05) is 0 Å². The average Bonchev–Trinajstić information content (AvgIpc) is 2.09. The van der Waals surface area contributed by atoms with Crippen LogP contribution in [0.4, 0.5) is 8.78 Å². The summed E-state index contributed by atoms with van der Waals surface area (Å²) in [7, 11) is 0. The fourth-order valence-corrected chi connectivity index (χ4v) is 1.42. The van der Waals surface area contributed by atoms with Crippen LogP contribution in [-0.2, 0) is 6.54 Å². The standard InChI is InChI=1S/C8H9BrF2N2/c1-4-5(2-12)7(8(10)11)13-3-6(4)9/h3,8H,2,12H2,1H3. The fourth-order valence-electron chi connectivity index (χ4n) is 1.08. The molecule has 0 amide bonds. The lowest BCUT2D eigenvalue weighted by atomic mass is 10.1. The van der Waals surface area contributed by atoms with E-state index in [1.807, 2.05) is 0 Å². The minimum atomic E-state index is -2.56. The second-order valence-corrected chi connectivity index (χ2v) is 3.45. The SMILES string of the molecule is Cc1c(Br)cnc(C(F)F)c1CN. The summed E-state index contributed by atoms with van der Waals surface area (Å²) in [6.07, 6.45) is -1.19. The summed E-state index contributed by atoms with van der Waals surface area (Å²) in [5, 5.41) is 0. The molecule has 1 aromatic heterocycles. The van der Waals surface area contributed by atoms with Crippen molar-refractivity contribution >= 4 is 15.9 Å². The molecule has 0 aromatic carbocycles. The lowest BCUT2D eigenvalue weighted by Gasteiger charge is -2.10. The molecule has 0 unspecified atom stereocenters. The van der Waals surface area contributed by atoms with E-state index in [1.54, 1.807) is 6.92 Å². The van der Waals surface area contributed by atoms with Crippen molar-refractivity contribution < 1.29 is 8.78 Å². The molecule has 0 bridgehead atoms. The van der Waals surface area contributed by atoms with Gasteiger partial charge in [-0.3, -0.25) is 4.98 Å². The second-order valence-electron chi connectivity index (χ2n) is 2.60. The van der Waals surface area contributed by atoms with Crippen LogP contribution in [0.25, 0.3) is 0 Å². The van der Waals surface area contributed by atoms with E-state index in [1.165, 1.54) is 6.20 Å². The third-order valence-corrected chi connectivity index (χ3v) is 2.65. The molecule has 2 nitrogen and oxygen atoms in total. The van der Waals surface area contributed by atoms with Crippen molar-refractivity contribution in [1.29, 1.82) is 0 Å². The molecular formula is C8H9BrF2N2. The molecule has 0 aliphatic carbocycles. The molecule has 13 heavy (non-hydrogen) atoms. The van der Waals surface area contributed by atoms with Crippen molar-refractivity contribution in [3.8, 4) is 0 Å². The van der Waals surface area contributed by atoms with Crippen molar-refractivity contribution in [3.05, 3.63) is 27.5 Å². The molecule has 0 saturated carbocycles. The van der Waals surface area contributed by atoms with Gasteiger partial charge in [-0.25, -0.2) is 8.78 Å². The summed E-state index contributed by atoms with van der Waals surface area (Å²) >= 11 is 3.21. The van der Waals surface area contributed by atoms with Gasteiger partial charge in [0.25, 0.3) is 6.43 Å². The molecule has 0 spiro atoms. The van der Waals surface area contributed by atoms with Gasteiger partial charge in [0.1, 0.15) is 5.69 Å². The smallest absolute Gasteiger partial charge is 0.280 e. The second kappa shape index (κ2) is 4.11. The Bertz CT molecular complexity index is 315. The lowest BCUT2D eigenvalue weighted by Crippen LogP contribution is -2.07. The zero-order valence-electron chi connectivity index (χ0n) is 7.02. The van der Waals surface area contributed by atoms with Crippen molar-refractivity contribution in [3.63, 3.8) is 0 Å². The molecule has 1 heterocycles. The van der Waals surface area contributed by atoms with Crippen molar-refractivity contribution in [2.45, 2.75) is 19.9 Å². The molecule has 0 aliphatic heterocycles. The first-order valence-corrected chi connectivity index (χ1v) is 4.49. The fraction of sp³-hybridized carbons (Fsp3) is 0.375. The summed E-state index contributed by atoms with van der Waals surface area (Å²) in [6.45, 7) is 1.82. The van der Waals surface area contributed by atoms with E-state index in [4.69, 9.17) is 5.73 Å². The Kier molecular flexibility index (Phi) is 3.33. The predicted octanol–water partition coefficient (Wildman–Crippen LogP) is 2.55. The van der Waals surface area contributed by atoms with Crippen LogP contribution in [-0.4, -0.2) is 4.98 Å². The number of hydrogen-bond acceptors (Lipinski definition) is 2. The van der Waals surface area contributed by atoms with Gasteiger partial charge in [0.2, 0.25) is 0 Å². The van der Waals surface area contributed by atoms with Crippen LogP contribution in [0.5, 0.6) is 0 Å². The van der Waals surface area contributed by atoms with Gasteiger partial charge in [-0.15, -0.1) is 0 Å². The molecule has 0 saturated heterocycles. The Balaban J connectivity index is 3.30. The van der Waals surface area contributed by atoms with E-state index in [-0.39, 0.29) is 12.2 Å². The van der Waals surface area contributed by atoms with Gasteiger partial charge in [0.15, 0.2) is 0 Å². The van der Waals surface area contributed by atoms with Crippen LogP contribution in [0.3, 0.4) is 0 Å². The summed E-state index contributed by atoms with van der Waals surface area (Å²) < 4.78 is 25.5. The highest BCUT2D eigenvalue weighted by molar-refractivity contribution is 9.10. The van der Waals surface area contributed by atoms with Gasteiger partial charge in [0.05, 0.1) is 0 Å². The van der Waals surface area contributed by atoms with E-state index < -0.39 is 6.43 Å². The van der Waals surface area contributed by atoms with Crippen LogP contribution < -0.4 is 5.73 Å². The third-order valence-electron chi connectivity index (χ3n) is 1.85. The molecule has 0 aliphatic rings. The Morgan fingerprint density at radius 3 is 2.69 bits per heavy atom. The summed E-state index contributed by atoms with van der Waals surface area (Å²) in [6, 6.07) is 0. The molecule has 1 rings (SSSR count). The van der Waals surface area contributed by atoms with Crippen LogP contribution in [0.1, 0.15) is 23.2 Å². The number of aromatic nitrogens is 1. The van der Waals surface area contributed by atoms with E-state index in [0.29, 0.717) is 10.0 Å². The highest BCUT2D eigenvalue weighted by atomic mass is 79.9. The molecule has 72 valence electrons. The largest absolute Gasteiger partial charge is 0.326 e. The number of rotatable bonds is 2. The van der Waals surface area contributed by atoms with E-state index in [9.17, 15) is 8.78 Å². The molecule has 2 N–H and O–H groups in total. The normalized spacial score (nSPS) is 10.9. The molecule has 5 heteroatoms. The molecule has 0 atom stereocenters. The maximum absolute atomic E-state index is 12.4. The van der Waals surface area contributed by atoms with Gasteiger partial charge in [-0.2, -0.15) is 0 Å². The maximum atomic E-state index is 12.4. The first kappa shape index (κ1) is 10.5. The first-order chi connectivity index (χ1) is 6.07. The van der Waals surface area contributed by atoms with Gasteiger partial charge in [0, 0.05) is 17.2 Å². The summed E-state index contributed by atoms with van der Waals surface area (Å²) in [5.41, 5.74) is 6.29. The van der Waals surface area contributed by atoms with Crippen LogP contribution >= 0.6 is 15.9 Å². The molecule has 0 fully saturated rings. The summed E-state index contributed by atoms with van der Waals surface area (Å²) in [5.74, 6) is 0. The van der Waals surface area contributed by atoms with Gasteiger partial charge >= 0.3 is 0 Å². The average molecular weight is 251 g/mol. The first-order valence-electron chi connectivity index (χ1n) is 3.70. The lowest BCUT2D eigenvalue weighted by molar-refractivity contribution is 0.144. The number of halogens is 3. The Hall–Kier alpha value is -0.550. The molecule has 1 aromatic rings. The van der Waals surface area contributed by atoms with Gasteiger partial charge in [-0.1, -0.05) is 0 Å². The maximum Gasteiger partial charge on any atom is 0.280 e. The van der Waals surface area contributed by atoms with Crippen molar-refractivity contribution in [2.24, 2.45) is 5.73 Å². The number of nitrogens with two attached hydrogens (primary N) is 1. The third kappa shape index (κ3) is 2.03. The highest BCUT2D eigenvalue weighted by Crippen LogP contribution is 2.26. The zero-order chi connectivity index (χ0) is 10.0. The number of pyridine rings is 1. The van der Waals surface area contributed by atoms with Crippen LogP contribution in [0, 0.1) is 6.92 Å². The van der Waals surface area contributed by atoms with Gasteiger partial charge < -0.3 is 5.73 Å². The number of hydrogen-bond donors (Lipinski definition) is 1. The Labute approximate surface area is 83.3 Å². The monoisotopic (exact) mass is 250 g/mol.